The van der Waals surface area contributed by atoms with E-state index in [-0.39, 0.29) is 24.4 Å². The molecule has 1 aromatic heterocycles. The third-order valence-electron chi connectivity index (χ3n) is 6.19. The quantitative estimate of drug-likeness (QED) is 0.284. The second-order valence-electron chi connectivity index (χ2n) is 11.4. The summed E-state index contributed by atoms with van der Waals surface area (Å²) in [4.78, 5) is 41.9. The van der Waals surface area contributed by atoms with Crippen molar-refractivity contribution in [3.8, 4) is 11.1 Å². The Kier molecular flexibility index (Phi) is 9.69. The van der Waals surface area contributed by atoms with E-state index in [9.17, 15) is 14.4 Å². The maximum Gasteiger partial charge on any atom is 0.407 e. The predicted molar refractivity (Wildman–Crippen MR) is 156 cm³/mol. The Hall–Kier alpha value is -4.20. The van der Waals surface area contributed by atoms with Gasteiger partial charge in [0.1, 0.15) is 5.60 Å². The zero-order valence-corrected chi connectivity index (χ0v) is 24.3. The Morgan fingerprint density at radius 2 is 1.57 bits per heavy atom. The van der Waals surface area contributed by atoms with Crippen molar-refractivity contribution in [2.75, 3.05) is 5.32 Å². The van der Waals surface area contributed by atoms with Crippen LogP contribution in [-0.4, -0.2) is 33.7 Å². The Balaban J connectivity index is 2.06. The largest absolute Gasteiger partial charge is 0.478 e. The number of alkyl carbamates (subject to hydrolysis) is 1. The van der Waals surface area contributed by atoms with E-state index in [1.165, 1.54) is 12.1 Å². The monoisotopic (exact) mass is 545 g/mol. The lowest BCUT2D eigenvalue weighted by atomic mass is 9.88. The standard InChI is InChI=1S/C32H39N3O5/c1-19(2)16-27-26(18-33-31(39)40-32(5,6)7)29(22-10-8-20(3)9-11-22)25(21(4)34-27)17-28(36)35-24-14-12-23(13-15-24)30(37)38/h8-15,19H,16-18H2,1-7H3,(H,33,39)(H,35,36)(H,37,38). The summed E-state index contributed by atoms with van der Waals surface area (Å²) >= 11 is 0. The van der Waals surface area contributed by atoms with Gasteiger partial charge in [0.25, 0.3) is 0 Å². The van der Waals surface area contributed by atoms with Gasteiger partial charge < -0.3 is 20.5 Å². The topological polar surface area (TPSA) is 118 Å². The third kappa shape index (κ3) is 8.40. The fraction of sp³-hybridized carbons (Fsp3) is 0.375. The van der Waals surface area contributed by atoms with Crippen LogP contribution in [0.25, 0.3) is 11.1 Å². The van der Waals surface area contributed by atoms with Gasteiger partial charge in [0.2, 0.25) is 5.91 Å². The van der Waals surface area contributed by atoms with Gasteiger partial charge in [-0.3, -0.25) is 9.78 Å². The van der Waals surface area contributed by atoms with Crippen molar-refractivity contribution >= 4 is 23.7 Å². The molecule has 8 nitrogen and oxygen atoms in total. The first-order chi connectivity index (χ1) is 18.7. The average molecular weight is 546 g/mol. The molecule has 0 saturated carbocycles. The molecule has 0 bridgehead atoms. The normalized spacial score (nSPS) is 11.3. The number of benzene rings is 2. The van der Waals surface area contributed by atoms with Gasteiger partial charge in [0, 0.05) is 29.2 Å². The SMILES string of the molecule is Cc1ccc(-c2c(CC(=O)Nc3ccc(C(=O)O)cc3)c(C)nc(CC(C)C)c2CNC(=O)OC(C)(C)C)cc1. The van der Waals surface area contributed by atoms with Crippen molar-refractivity contribution in [2.24, 2.45) is 5.92 Å². The summed E-state index contributed by atoms with van der Waals surface area (Å²) in [6, 6.07) is 14.1. The van der Waals surface area contributed by atoms with Crippen molar-refractivity contribution in [1.82, 2.24) is 10.3 Å². The van der Waals surface area contributed by atoms with Gasteiger partial charge in [0.05, 0.1) is 12.0 Å². The molecule has 2 amide bonds. The van der Waals surface area contributed by atoms with E-state index < -0.39 is 17.7 Å². The number of carbonyl (C=O) groups is 3. The van der Waals surface area contributed by atoms with Crippen molar-refractivity contribution in [2.45, 2.75) is 73.5 Å². The molecule has 0 aliphatic heterocycles. The minimum Gasteiger partial charge on any atom is -0.478 e. The van der Waals surface area contributed by atoms with Crippen LogP contribution in [0.3, 0.4) is 0 Å². The van der Waals surface area contributed by atoms with Crippen LogP contribution in [0, 0.1) is 19.8 Å². The lowest BCUT2D eigenvalue weighted by Gasteiger charge is -2.23. The second-order valence-corrected chi connectivity index (χ2v) is 11.4. The zero-order valence-electron chi connectivity index (χ0n) is 24.3. The van der Waals surface area contributed by atoms with E-state index in [1.807, 2.05) is 58.9 Å². The predicted octanol–water partition coefficient (Wildman–Crippen LogP) is 6.47. The van der Waals surface area contributed by atoms with Gasteiger partial charge in [-0.2, -0.15) is 0 Å². The van der Waals surface area contributed by atoms with Gasteiger partial charge in [0.15, 0.2) is 0 Å². The highest BCUT2D eigenvalue weighted by atomic mass is 16.6. The summed E-state index contributed by atoms with van der Waals surface area (Å²) in [6.07, 6.45) is 0.222. The number of nitrogens with zero attached hydrogens (tertiary/aromatic N) is 1. The number of ether oxygens (including phenoxy) is 1. The number of carboxylic acid groups (broad SMARTS) is 1. The highest BCUT2D eigenvalue weighted by molar-refractivity contribution is 5.95. The molecule has 0 fully saturated rings. The third-order valence-corrected chi connectivity index (χ3v) is 6.19. The molecule has 3 rings (SSSR count). The average Bonchev–Trinajstić information content (AvgIpc) is 2.84. The summed E-state index contributed by atoms with van der Waals surface area (Å²) < 4.78 is 5.48. The summed E-state index contributed by atoms with van der Waals surface area (Å²) in [5.74, 6) is -0.971. The zero-order chi connectivity index (χ0) is 29.6. The van der Waals surface area contributed by atoms with Crippen LogP contribution in [0.1, 0.15) is 73.1 Å². The second kappa shape index (κ2) is 12.8. The molecule has 0 atom stereocenters. The number of carbonyl (C=O) groups excluding carboxylic acids is 2. The van der Waals surface area contributed by atoms with Gasteiger partial charge in [-0.15, -0.1) is 0 Å². The fourth-order valence-corrected chi connectivity index (χ4v) is 4.41. The highest BCUT2D eigenvalue weighted by Crippen LogP contribution is 2.33. The van der Waals surface area contributed by atoms with Crippen LogP contribution in [0.2, 0.25) is 0 Å². The molecule has 1 heterocycles. The smallest absolute Gasteiger partial charge is 0.407 e. The van der Waals surface area contributed by atoms with Crippen LogP contribution in [0.5, 0.6) is 0 Å². The summed E-state index contributed by atoms with van der Waals surface area (Å²) in [5, 5.41) is 14.9. The Morgan fingerprint density at radius 3 is 2.12 bits per heavy atom. The van der Waals surface area contributed by atoms with E-state index in [0.717, 1.165) is 39.2 Å². The summed E-state index contributed by atoms with van der Waals surface area (Å²) in [6.45, 7) is 13.8. The van der Waals surface area contributed by atoms with E-state index in [0.29, 0.717) is 18.0 Å². The van der Waals surface area contributed by atoms with Crippen LogP contribution in [-0.2, 0) is 28.9 Å². The van der Waals surface area contributed by atoms with Crippen molar-refractivity contribution < 1.29 is 24.2 Å². The van der Waals surface area contributed by atoms with Gasteiger partial charge >= 0.3 is 12.1 Å². The number of anilines is 1. The van der Waals surface area contributed by atoms with Gasteiger partial charge in [-0.25, -0.2) is 9.59 Å². The van der Waals surface area contributed by atoms with E-state index in [4.69, 9.17) is 14.8 Å². The molecule has 3 aromatic rings. The number of amides is 2. The van der Waals surface area contributed by atoms with Gasteiger partial charge in [-0.05, 0) is 87.9 Å². The van der Waals surface area contributed by atoms with Crippen LogP contribution < -0.4 is 10.6 Å². The molecule has 212 valence electrons. The lowest BCUT2D eigenvalue weighted by Crippen LogP contribution is -2.32. The molecule has 2 aromatic carbocycles. The number of aromatic nitrogens is 1. The number of nitrogens with one attached hydrogen (secondary N) is 2. The Labute approximate surface area is 236 Å². The van der Waals surface area contributed by atoms with E-state index >= 15 is 0 Å². The molecule has 0 aliphatic rings. The Bertz CT molecular complexity index is 1370. The van der Waals surface area contributed by atoms with E-state index in [2.05, 4.69) is 24.5 Å². The van der Waals surface area contributed by atoms with Crippen molar-refractivity contribution in [3.05, 3.63) is 82.2 Å². The number of hydrogen-bond donors (Lipinski definition) is 3. The van der Waals surface area contributed by atoms with Crippen LogP contribution >= 0.6 is 0 Å². The van der Waals surface area contributed by atoms with E-state index in [1.54, 1.807) is 12.1 Å². The van der Waals surface area contributed by atoms with Crippen molar-refractivity contribution in [3.63, 3.8) is 0 Å². The summed E-state index contributed by atoms with van der Waals surface area (Å²) in [7, 11) is 0. The lowest BCUT2D eigenvalue weighted by molar-refractivity contribution is -0.115. The first-order valence-corrected chi connectivity index (χ1v) is 13.4. The minimum atomic E-state index is -1.03. The molecule has 0 spiro atoms. The molecule has 3 N–H and O–H groups in total. The number of carboxylic acids is 1. The maximum absolute atomic E-state index is 13.2. The molecule has 0 unspecified atom stereocenters. The number of rotatable bonds is 9. The minimum absolute atomic E-state index is 0.0458. The highest BCUT2D eigenvalue weighted by Gasteiger charge is 2.23. The van der Waals surface area contributed by atoms with Gasteiger partial charge in [-0.1, -0.05) is 43.7 Å². The first kappa shape index (κ1) is 30.3. The number of aromatic carboxylic acids is 1. The fourth-order valence-electron chi connectivity index (χ4n) is 4.41. The molecular weight excluding hydrogens is 506 g/mol. The Morgan fingerprint density at radius 1 is 0.950 bits per heavy atom. The molecule has 0 saturated heterocycles. The number of hydrogen-bond acceptors (Lipinski definition) is 5. The first-order valence-electron chi connectivity index (χ1n) is 13.4. The van der Waals surface area contributed by atoms with Crippen LogP contribution in [0.15, 0.2) is 48.5 Å². The molecule has 0 aliphatic carbocycles. The van der Waals surface area contributed by atoms with Crippen LogP contribution in [0.4, 0.5) is 10.5 Å². The number of aryl methyl sites for hydroxylation is 2. The molecule has 40 heavy (non-hydrogen) atoms. The van der Waals surface area contributed by atoms with Crippen molar-refractivity contribution in [1.29, 1.82) is 0 Å². The molecular formula is C32H39N3O5. The summed E-state index contributed by atoms with van der Waals surface area (Å²) in [5.41, 5.74) is 6.13. The molecule has 8 heteroatoms. The number of pyridine rings is 1. The maximum atomic E-state index is 13.2. The molecule has 0 radical (unpaired) electrons.